The Hall–Kier alpha value is -2.33. The number of amides is 2. The van der Waals surface area contributed by atoms with Gasteiger partial charge in [0.15, 0.2) is 0 Å². The van der Waals surface area contributed by atoms with Gasteiger partial charge in [0, 0.05) is 30.1 Å². The molecule has 4 nitrogen and oxygen atoms in total. The Balaban J connectivity index is 1.84. The number of rotatable bonds is 6. The Bertz CT molecular complexity index is 863. The summed E-state index contributed by atoms with van der Waals surface area (Å²) in [6, 6.07) is 15.0. The van der Waals surface area contributed by atoms with Gasteiger partial charge in [0.25, 0.3) is 5.91 Å². The van der Waals surface area contributed by atoms with Crippen LogP contribution in [0.5, 0.6) is 0 Å². The highest BCUT2D eigenvalue weighted by Crippen LogP contribution is 2.32. The first-order chi connectivity index (χ1) is 13.3. The van der Waals surface area contributed by atoms with Crippen molar-refractivity contribution in [3.63, 3.8) is 0 Å². The van der Waals surface area contributed by atoms with E-state index in [0.29, 0.717) is 36.0 Å². The minimum atomic E-state index is -0.910. The molecule has 2 aromatic carbocycles. The van der Waals surface area contributed by atoms with Crippen LogP contribution in [0.4, 0.5) is 0 Å². The highest BCUT2D eigenvalue weighted by Gasteiger charge is 2.46. The summed E-state index contributed by atoms with van der Waals surface area (Å²) in [6.45, 7) is 7.09. The third kappa shape index (κ3) is 4.22. The molecule has 0 unspecified atom stereocenters. The van der Waals surface area contributed by atoms with Crippen molar-refractivity contribution in [2.24, 2.45) is 5.92 Å². The predicted molar refractivity (Wildman–Crippen MR) is 112 cm³/mol. The van der Waals surface area contributed by atoms with Crippen LogP contribution in [0.2, 0.25) is 5.02 Å². The third-order valence-electron chi connectivity index (χ3n) is 5.41. The molecule has 0 aliphatic carbocycles. The molecule has 1 atom stereocenters. The molecule has 0 fully saturated rings. The molecule has 0 saturated heterocycles. The maximum absolute atomic E-state index is 13.2. The lowest BCUT2D eigenvalue weighted by Gasteiger charge is -2.44. The maximum atomic E-state index is 13.2. The van der Waals surface area contributed by atoms with E-state index in [2.05, 4.69) is 19.2 Å². The molecule has 28 heavy (non-hydrogen) atoms. The monoisotopic (exact) mass is 398 g/mol. The van der Waals surface area contributed by atoms with E-state index in [1.807, 2.05) is 43.3 Å². The highest BCUT2D eigenvalue weighted by molar-refractivity contribution is 6.30. The van der Waals surface area contributed by atoms with E-state index in [1.54, 1.807) is 17.0 Å². The van der Waals surface area contributed by atoms with Crippen molar-refractivity contribution in [1.29, 1.82) is 0 Å². The standard InChI is InChI=1S/C23H27ClN2O2/c1-16(2)12-13-26-21(27)20-7-5-4-6-18(20)14-23(26,3)22(28)25-15-17-8-10-19(24)11-9-17/h4-11,16H,12-15H2,1-3H3,(H,25,28)/t23-/m1/s1. The molecular formula is C23H27ClN2O2. The molecule has 0 saturated carbocycles. The molecule has 0 spiro atoms. The molecule has 1 aliphatic rings. The Morgan fingerprint density at radius 2 is 1.86 bits per heavy atom. The SMILES string of the molecule is CC(C)CCN1C(=O)c2ccccc2C[C@]1(C)C(=O)NCc1ccc(Cl)cc1. The number of hydrogen-bond donors (Lipinski definition) is 1. The molecular weight excluding hydrogens is 372 g/mol. The maximum Gasteiger partial charge on any atom is 0.255 e. The predicted octanol–water partition coefficient (Wildman–Crippen LogP) is 4.46. The fourth-order valence-electron chi connectivity index (χ4n) is 3.63. The molecule has 1 N–H and O–H groups in total. The molecule has 2 aromatic rings. The van der Waals surface area contributed by atoms with Crippen LogP contribution in [-0.4, -0.2) is 28.8 Å². The number of halogens is 1. The van der Waals surface area contributed by atoms with Gasteiger partial charge in [0.05, 0.1) is 0 Å². The summed E-state index contributed by atoms with van der Waals surface area (Å²) in [4.78, 5) is 28.2. The zero-order valence-corrected chi connectivity index (χ0v) is 17.4. The second-order valence-corrected chi connectivity index (χ2v) is 8.49. The van der Waals surface area contributed by atoms with E-state index >= 15 is 0 Å². The number of fused-ring (bicyclic) bond motifs is 1. The fraction of sp³-hybridized carbons (Fsp3) is 0.391. The normalized spacial score (nSPS) is 18.9. The van der Waals surface area contributed by atoms with Crippen LogP contribution in [0.25, 0.3) is 0 Å². The minimum Gasteiger partial charge on any atom is -0.350 e. The van der Waals surface area contributed by atoms with Crippen molar-refractivity contribution < 1.29 is 9.59 Å². The Labute approximate surface area is 171 Å². The van der Waals surface area contributed by atoms with Crippen LogP contribution < -0.4 is 5.32 Å². The third-order valence-corrected chi connectivity index (χ3v) is 5.66. The van der Waals surface area contributed by atoms with Crippen molar-refractivity contribution in [3.8, 4) is 0 Å². The van der Waals surface area contributed by atoms with Crippen molar-refractivity contribution in [1.82, 2.24) is 10.2 Å². The van der Waals surface area contributed by atoms with E-state index in [4.69, 9.17) is 11.6 Å². The zero-order valence-electron chi connectivity index (χ0n) is 16.7. The zero-order chi connectivity index (χ0) is 20.3. The number of nitrogens with one attached hydrogen (secondary N) is 1. The molecule has 3 rings (SSSR count). The summed E-state index contributed by atoms with van der Waals surface area (Å²) in [6.07, 6.45) is 1.37. The summed E-state index contributed by atoms with van der Waals surface area (Å²) >= 11 is 5.93. The smallest absolute Gasteiger partial charge is 0.255 e. The molecule has 0 aromatic heterocycles. The van der Waals surface area contributed by atoms with Crippen LogP contribution in [0.15, 0.2) is 48.5 Å². The van der Waals surface area contributed by atoms with Gasteiger partial charge in [-0.25, -0.2) is 0 Å². The molecule has 1 aliphatic heterocycles. The highest BCUT2D eigenvalue weighted by atomic mass is 35.5. The topological polar surface area (TPSA) is 49.4 Å². The number of nitrogens with zero attached hydrogens (tertiary/aromatic N) is 1. The largest absolute Gasteiger partial charge is 0.350 e. The first kappa shape index (κ1) is 20.4. The van der Waals surface area contributed by atoms with E-state index in [0.717, 1.165) is 17.5 Å². The van der Waals surface area contributed by atoms with Crippen molar-refractivity contribution in [2.75, 3.05) is 6.54 Å². The average molecular weight is 399 g/mol. The lowest BCUT2D eigenvalue weighted by molar-refractivity contribution is -0.132. The number of carbonyl (C=O) groups excluding carboxylic acids is 2. The second-order valence-electron chi connectivity index (χ2n) is 8.06. The van der Waals surface area contributed by atoms with Gasteiger partial charge >= 0.3 is 0 Å². The van der Waals surface area contributed by atoms with Gasteiger partial charge in [0.1, 0.15) is 5.54 Å². The molecule has 5 heteroatoms. The van der Waals surface area contributed by atoms with E-state index in [9.17, 15) is 9.59 Å². The molecule has 0 bridgehead atoms. The van der Waals surface area contributed by atoms with Crippen LogP contribution in [0.3, 0.4) is 0 Å². The lowest BCUT2D eigenvalue weighted by Crippen LogP contribution is -2.62. The van der Waals surface area contributed by atoms with E-state index in [1.165, 1.54) is 0 Å². The average Bonchev–Trinajstić information content (AvgIpc) is 2.67. The van der Waals surface area contributed by atoms with Crippen LogP contribution in [0.1, 0.15) is 48.7 Å². The minimum absolute atomic E-state index is 0.0633. The number of carbonyl (C=O) groups is 2. The number of benzene rings is 2. The van der Waals surface area contributed by atoms with Crippen molar-refractivity contribution >= 4 is 23.4 Å². The first-order valence-electron chi connectivity index (χ1n) is 9.74. The molecule has 2 amide bonds. The quantitative estimate of drug-likeness (QED) is 0.780. The molecule has 0 radical (unpaired) electrons. The lowest BCUT2D eigenvalue weighted by atomic mass is 9.82. The first-order valence-corrected chi connectivity index (χ1v) is 10.1. The van der Waals surface area contributed by atoms with Gasteiger partial charge in [-0.3, -0.25) is 9.59 Å². The van der Waals surface area contributed by atoms with Gasteiger partial charge in [0.2, 0.25) is 5.91 Å². The Kier molecular flexibility index (Phi) is 6.09. The van der Waals surface area contributed by atoms with Crippen LogP contribution in [0, 0.1) is 5.92 Å². The summed E-state index contributed by atoms with van der Waals surface area (Å²) < 4.78 is 0. The van der Waals surface area contributed by atoms with Crippen LogP contribution in [-0.2, 0) is 17.8 Å². The summed E-state index contributed by atoms with van der Waals surface area (Å²) in [5.74, 6) is 0.257. The molecule has 1 heterocycles. The summed E-state index contributed by atoms with van der Waals surface area (Å²) in [5, 5.41) is 3.69. The van der Waals surface area contributed by atoms with Gasteiger partial charge in [-0.2, -0.15) is 0 Å². The van der Waals surface area contributed by atoms with Gasteiger partial charge in [-0.05, 0) is 48.6 Å². The van der Waals surface area contributed by atoms with Crippen molar-refractivity contribution in [2.45, 2.75) is 45.7 Å². The van der Waals surface area contributed by atoms with Gasteiger partial charge in [-0.1, -0.05) is 55.8 Å². The van der Waals surface area contributed by atoms with E-state index in [-0.39, 0.29) is 11.8 Å². The van der Waals surface area contributed by atoms with Gasteiger partial charge in [-0.15, -0.1) is 0 Å². The summed E-state index contributed by atoms with van der Waals surface area (Å²) in [7, 11) is 0. The van der Waals surface area contributed by atoms with E-state index < -0.39 is 5.54 Å². The summed E-state index contributed by atoms with van der Waals surface area (Å²) in [5.41, 5.74) is 1.69. The van der Waals surface area contributed by atoms with Gasteiger partial charge < -0.3 is 10.2 Å². The Morgan fingerprint density at radius 1 is 1.18 bits per heavy atom. The number of hydrogen-bond acceptors (Lipinski definition) is 2. The molecule has 148 valence electrons. The second kappa shape index (κ2) is 8.36. The fourth-order valence-corrected chi connectivity index (χ4v) is 3.76. The Morgan fingerprint density at radius 3 is 2.54 bits per heavy atom. The van der Waals surface area contributed by atoms with Crippen LogP contribution >= 0.6 is 11.6 Å². The van der Waals surface area contributed by atoms with Crippen molar-refractivity contribution in [3.05, 3.63) is 70.2 Å².